The molecule has 9 nitrogen and oxygen atoms in total. The van der Waals surface area contributed by atoms with Crippen molar-refractivity contribution < 1.29 is 14.6 Å². The maximum Gasteiger partial charge on any atom is 0.416 e. The van der Waals surface area contributed by atoms with Crippen molar-refractivity contribution >= 4 is 29.2 Å². The number of aliphatic hydroxyl groups excluding tert-OH is 1. The van der Waals surface area contributed by atoms with Gasteiger partial charge >= 0.3 is 6.09 Å². The van der Waals surface area contributed by atoms with Gasteiger partial charge in [0.15, 0.2) is 0 Å². The second-order valence-corrected chi connectivity index (χ2v) is 8.01. The van der Waals surface area contributed by atoms with Crippen LogP contribution in [0.15, 0.2) is 41.9 Å². The van der Waals surface area contributed by atoms with Gasteiger partial charge in [-0.15, -0.1) is 11.3 Å². The fourth-order valence-corrected chi connectivity index (χ4v) is 4.03. The molecule has 158 valence electrons. The molecule has 1 unspecified atom stereocenters. The molecule has 0 spiro atoms. The minimum atomic E-state index is -0.757. The normalized spacial score (nSPS) is 17.7. The fourth-order valence-electron chi connectivity index (χ4n) is 3.20. The summed E-state index contributed by atoms with van der Waals surface area (Å²) in [4.78, 5) is 26.8. The van der Waals surface area contributed by atoms with Gasteiger partial charge in [-0.3, -0.25) is 4.90 Å². The standard InChI is InChI=1S/C21H20N6O3S/c1-12(19-25-16(11-31-19)15-5-3-14(9-22)4-6-15)24-20-23-8-7-18(26-20)27-17(13(2)28)10-30-21(27)29/h3-8,11-13,17,28H,10H2,1-2H3,(H,23,24,26)/t12-,13+,17?/m0/s1. The number of carbonyl (C=O) groups is 1. The molecule has 1 fully saturated rings. The van der Waals surface area contributed by atoms with Crippen LogP contribution in [0.3, 0.4) is 0 Å². The zero-order chi connectivity index (χ0) is 22.0. The number of aliphatic hydroxyl groups is 1. The summed E-state index contributed by atoms with van der Waals surface area (Å²) in [5.74, 6) is 0.694. The molecule has 10 heteroatoms. The van der Waals surface area contributed by atoms with Gasteiger partial charge in [0.2, 0.25) is 5.95 Å². The topological polar surface area (TPSA) is 124 Å². The highest BCUT2D eigenvalue weighted by atomic mass is 32.1. The minimum absolute atomic E-state index is 0.108. The van der Waals surface area contributed by atoms with E-state index in [0.717, 1.165) is 16.3 Å². The number of anilines is 2. The summed E-state index contributed by atoms with van der Waals surface area (Å²) in [5, 5.41) is 24.9. The highest BCUT2D eigenvalue weighted by molar-refractivity contribution is 7.10. The van der Waals surface area contributed by atoms with Gasteiger partial charge in [-0.25, -0.2) is 14.8 Å². The molecular formula is C21H20N6O3S. The van der Waals surface area contributed by atoms with Gasteiger partial charge in [-0.05, 0) is 32.0 Å². The number of rotatable bonds is 6. The predicted octanol–water partition coefficient (Wildman–Crippen LogP) is 3.35. The molecule has 0 aliphatic carbocycles. The lowest BCUT2D eigenvalue weighted by atomic mass is 10.1. The second-order valence-electron chi connectivity index (χ2n) is 7.12. The van der Waals surface area contributed by atoms with Crippen molar-refractivity contribution in [3.8, 4) is 17.3 Å². The van der Waals surface area contributed by atoms with Gasteiger partial charge in [0.05, 0.1) is 29.5 Å². The lowest BCUT2D eigenvalue weighted by molar-refractivity contribution is 0.142. The van der Waals surface area contributed by atoms with E-state index in [-0.39, 0.29) is 12.6 Å². The summed E-state index contributed by atoms with van der Waals surface area (Å²) >= 11 is 1.50. The molecule has 1 aliphatic heterocycles. The third-order valence-electron chi connectivity index (χ3n) is 4.90. The van der Waals surface area contributed by atoms with E-state index in [1.807, 2.05) is 24.4 Å². The van der Waals surface area contributed by atoms with Crippen LogP contribution in [0, 0.1) is 11.3 Å². The Morgan fingerprint density at radius 3 is 2.77 bits per heavy atom. The van der Waals surface area contributed by atoms with Crippen LogP contribution >= 0.6 is 11.3 Å². The summed E-state index contributed by atoms with van der Waals surface area (Å²) in [5.41, 5.74) is 2.36. The van der Waals surface area contributed by atoms with E-state index in [1.165, 1.54) is 16.2 Å². The molecule has 3 heterocycles. The van der Waals surface area contributed by atoms with E-state index in [0.29, 0.717) is 17.3 Å². The minimum Gasteiger partial charge on any atom is -0.447 e. The Hall–Kier alpha value is -3.55. The average molecular weight is 436 g/mol. The zero-order valence-electron chi connectivity index (χ0n) is 16.9. The van der Waals surface area contributed by atoms with E-state index in [2.05, 4.69) is 26.3 Å². The smallest absolute Gasteiger partial charge is 0.416 e. The third kappa shape index (κ3) is 4.33. The van der Waals surface area contributed by atoms with Crippen LogP contribution in [0.1, 0.15) is 30.5 Å². The molecule has 0 radical (unpaired) electrons. The van der Waals surface area contributed by atoms with Gasteiger partial charge in [0.1, 0.15) is 23.5 Å². The monoisotopic (exact) mass is 436 g/mol. The Bertz CT molecular complexity index is 1120. The zero-order valence-corrected chi connectivity index (χ0v) is 17.7. The fraction of sp³-hybridized carbons (Fsp3) is 0.286. The lowest BCUT2D eigenvalue weighted by Crippen LogP contribution is -2.41. The number of hydrogen-bond donors (Lipinski definition) is 2. The number of nitriles is 1. The summed E-state index contributed by atoms with van der Waals surface area (Å²) < 4.78 is 5.06. The second kappa shape index (κ2) is 8.67. The van der Waals surface area contributed by atoms with E-state index < -0.39 is 18.2 Å². The maximum absolute atomic E-state index is 12.1. The number of cyclic esters (lactones) is 1. The molecule has 2 N–H and O–H groups in total. The average Bonchev–Trinajstić information content (AvgIpc) is 3.41. The number of ether oxygens (including phenoxy) is 1. The van der Waals surface area contributed by atoms with Gasteiger partial charge in [-0.1, -0.05) is 12.1 Å². The van der Waals surface area contributed by atoms with Crippen LogP contribution in [0.5, 0.6) is 0 Å². The summed E-state index contributed by atoms with van der Waals surface area (Å²) in [6, 6.07) is 10.3. The number of aromatic nitrogens is 3. The van der Waals surface area contributed by atoms with Crippen molar-refractivity contribution in [3.05, 3.63) is 52.5 Å². The summed E-state index contributed by atoms with van der Waals surface area (Å²) in [6.07, 6.45) is 0.245. The molecule has 2 aromatic heterocycles. The van der Waals surface area contributed by atoms with Crippen LogP contribution in [0.2, 0.25) is 0 Å². The summed E-state index contributed by atoms with van der Waals surface area (Å²) in [7, 11) is 0. The number of nitrogens with one attached hydrogen (secondary N) is 1. The number of thiazole rings is 1. The molecule has 1 aliphatic rings. The first-order valence-corrected chi connectivity index (χ1v) is 10.5. The lowest BCUT2D eigenvalue weighted by Gasteiger charge is -2.22. The van der Waals surface area contributed by atoms with Crippen LogP contribution in [-0.4, -0.2) is 44.9 Å². The first kappa shape index (κ1) is 20.7. The van der Waals surface area contributed by atoms with Crippen LogP contribution in [0.25, 0.3) is 11.3 Å². The number of nitrogens with zero attached hydrogens (tertiary/aromatic N) is 5. The Morgan fingerprint density at radius 1 is 1.29 bits per heavy atom. The molecule has 0 saturated carbocycles. The Labute approximate surface area is 183 Å². The molecule has 3 atom stereocenters. The van der Waals surface area contributed by atoms with Gasteiger partial charge in [-0.2, -0.15) is 10.2 Å². The van der Waals surface area contributed by atoms with Crippen molar-refractivity contribution in [2.24, 2.45) is 0 Å². The van der Waals surface area contributed by atoms with Crippen molar-refractivity contribution in [2.75, 3.05) is 16.8 Å². The number of amides is 1. The molecule has 1 aromatic carbocycles. The van der Waals surface area contributed by atoms with E-state index in [4.69, 9.17) is 10.00 Å². The first-order valence-electron chi connectivity index (χ1n) is 9.66. The van der Waals surface area contributed by atoms with E-state index in [9.17, 15) is 9.90 Å². The first-order chi connectivity index (χ1) is 15.0. The molecule has 3 aromatic rings. The Morgan fingerprint density at radius 2 is 2.06 bits per heavy atom. The summed E-state index contributed by atoms with van der Waals surface area (Å²) in [6.45, 7) is 3.66. The van der Waals surface area contributed by atoms with Crippen molar-refractivity contribution in [1.82, 2.24) is 15.0 Å². The third-order valence-corrected chi connectivity index (χ3v) is 5.93. The SMILES string of the molecule is C[C@H](Nc1nccc(N2C(=O)OCC2[C@@H](C)O)n1)c1nc(-c2ccc(C#N)cc2)cs1. The Kier molecular flexibility index (Phi) is 5.79. The van der Waals surface area contributed by atoms with E-state index in [1.54, 1.807) is 31.3 Å². The van der Waals surface area contributed by atoms with Gasteiger partial charge in [0.25, 0.3) is 0 Å². The van der Waals surface area contributed by atoms with Gasteiger partial charge < -0.3 is 15.2 Å². The van der Waals surface area contributed by atoms with Crippen LogP contribution in [-0.2, 0) is 4.74 Å². The number of benzene rings is 1. The molecule has 31 heavy (non-hydrogen) atoms. The highest BCUT2D eigenvalue weighted by Crippen LogP contribution is 2.28. The maximum atomic E-state index is 12.1. The van der Waals surface area contributed by atoms with Crippen LogP contribution in [0.4, 0.5) is 16.6 Å². The molecule has 1 amide bonds. The molecule has 0 bridgehead atoms. The molecule has 4 rings (SSSR count). The largest absolute Gasteiger partial charge is 0.447 e. The predicted molar refractivity (Wildman–Crippen MR) is 116 cm³/mol. The number of carbonyl (C=O) groups excluding carboxylic acids is 1. The quantitative estimate of drug-likeness (QED) is 0.603. The van der Waals surface area contributed by atoms with Crippen molar-refractivity contribution in [2.45, 2.75) is 32.0 Å². The van der Waals surface area contributed by atoms with Crippen molar-refractivity contribution in [1.29, 1.82) is 5.26 Å². The van der Waals surface area contributed by atoms with E-state index >= 15 is 0 Å². The Balaban J connectivity index is 1.50. The molecule has 1 saturated heterocycles. The van der Waals surface area contributed by atoms with Crippen LogP contribution < -0.4 is 10.2 Å². The number of hydrogen-bond acceptors (Lipinski definition) is 9. The highest BCUT2D eigenvalue weighted by Gasteiger charge is 2.38. The van der Waals surface area contributed by atoms with Crippen molar-refractivity contribution in [3.63, 3.8) is 0 Å². The van der Waals surface area contributed by atoms with Gasteiger partial charge in [0, 0.05) is 17.1 Å². The molecular weight excluding hydrogens is 416 g/mol.